The van der Waals surface area contributed by atoms with Crippen LogP contribution < -0.4 is 0 Å². The summed E-state index contributed by atoms with van der Waals surface area (Å²) in [4.78, 5) is 15.8. The monoisotopic (exact) mass is 483 g/mol. The topological polar surface area (TPSA) is 20.3 Å². The molecule has 2 bridgehead atoms. The number of likely N-dealkylation sites (tertiary alicyclic amines) is 1. The van der Waals surface area contributed by atoms with Gasteiger partial charge in [0.05, 0.1) is 9.15 Å². The second-order valence-electron chi connectivity index (χ2n) is 7.80. The highest BCUT2D eigenvalue weighted by Gasteiger charge is 2.83. The molecule has 4 rings (SSSR count). The Morgan fingerprint density at radius 2 is 1.95 bits per heavy atom. The first kappa shape index (κ1) is 16.8. The van der Waals surface area contributed by atoms with Gasteiger partial charge in [0.25, 0.3) is 0 Å². The molecule has 3 aliphatic carbocycles. The zero-order valence-electron chi connectivity index (χ0n) is 13.0. The molecule has 1 saturated heterocycles. The van der Waals surface area contributed by atoms with Crippen LogP contribution in [-0.2, 0) is 4.79 Å². The van der Waals surface area contributed by atoms with E-state index in [-0.39, 0.29) is 24.8 Å². The van der Waals surface area contributed by atoms with E-state index < -0.39 is 0 Å². The Bertz CT molecular complexity index is 466. The van der Waals surface area contributed by atoms with Gasteiger partial charge < -0.3 is 4.90 Å². The molecule has 1 aliphatic heterocycles. The fourth-order valence-electron chi connectivity index (χ4n) is 5.32. The summed E-state index contributed by atoms with van der Waals surface area (Å²) in [7, 11) is 0. The molecule has 21 heavy (non-hydrogen) atoms. The van der Waals surface area contributed by atoms with Gasteiger partial charge >= 0.3 is 0 Å². The normalized spacial score (nSPS) is 44.8. The molecule has 5 heteroatoms. The van der Waals surface area contributed by atoms with Crippen molar-refractivity contribution < 1.29 is 4.79 Å². The molecule has 4 atom stereocenters. The predicted molar refractivity (Wildman–Crippen MR) is 97.2 cm³/mol. The minimum absolute atomic E-state index is 0.0175. The number of hydrogen-bond donors (Lipinski definition) is 0. The zero-order chi connectivity index (χ0) is 15.6. The molecule has 2 nitrogen and oxygen atoms in total. The van der Waals surface area contributed by atoms with Gasteiger partial charge in [-0.3, -0.25) is 4.79 Å². The first-order chi connectivity index (χ1) is 9.71. The Balaban J connectivity index is 1.91. The number of amides is 1. The molecule has 0 aromatic carbocycles. The van der Waals surface area contributed by atoms with Crippen LogP contribution >= 0.6 is 47.8 Å². The van der Waals surface area contributed by atoms with Gasteiger partial charge in [-0.05, 0) is 37.0 Å². The number of hydrogen-bond acceptors (Lipinski definition) is 1. The summed E-state index contributed by atoms with van der Waals surface area (Å²) in [5, 5.41) is 0. The van der Waals surface area contributed by atoms with Crippen molar-refractivity contribution in [2.45, 2.75) is 55.0 Å². The van der Waals surface area contributed by atoms with Crippen LogP contribution in [0.15, 0.2) is 0 Å². The molecule has 4 aliphatic rings. The van der Waals surface area contributed by atoms with Gasteiger partial charge in [0.2, 0.25) is 5.91 Å². The summed E-state index contributed by atoms with van der Waals surface area (Å²) < 4.78 is 0.251. The molecule has 1 heterocycles. The quantitative estimate of drug-likeness (QED) is 0.508. The van der Waals surface area contributed by atoms with Crippen molar-refractivity contribution in [2.75, 3.05) is 13.1 Å². The lowest BCUT2D eigenvalue weighted by Crippen LogP contribution is -2.72. The lowest BCUT2D eigenvalue weighted by Gasteiger charge is -2.67. The zero-order valence-corrected chi connectivity index (χ0v) is 17.7. The molecule has 4 fully saturated rings. The van der Waals surface area contributed by atoms with Gasteiger partial charge in [-0.1, -0.05) is 68.6 Å². The molecule has 0 aromatic rings. The highest BCUT2D eigenvalue weighted by molar-refractivity contribution is 9.24. The Kier molecular flexibility index (Phi) is 4.15. The van der Waals surface area contributed by atoms with Crippen molar-refractivity contribution in [1.29, 1.82) is 0 Å². The van der Waals surface area contributed by atoms with Crippen LogP contribution in [0.2, 0.25) is 0 Å². The van der Waals surface area contributed by atoms with Crippen LogP contribution in [0.1, 0.15) is 46.5 Å². The molecular formula is C16H24Br3NO. The molecule has 0 spiro atoms. The van der Waals surface area contributed by atoms with Crippen LogP contribution in [-0.4, -0.2) is 32.5 Å². The molecule has 120 valence electrons. The second-order valence-corrected chi connectivity index (χ2v) is 11.8. The van der Waals surface area contributed by atoms with E-state index >= 15 is 0 Å². The third-order valence-electron chi connectivity index (χ3n) is 6.81. The van der Waals surface area contributed by atoms with E-state index in [1.807, 2.05) is 0 Å². The Hall–Kier alpha value is 0.910. The Morgan fingerprint density at radius 3 is 2.43 bits per heavy atom. The van der Waals surface area contributed by atoms with Crippen LogP contribution in [0.4, 0.5) is 0 Å². The van der Waals surface area contributed by atoms with E-state index in [0.29, 0.717) is 11.8 Å². The number of alkyl halides is 3. The lowest BCUT2D eigenvalue weighted by molar-refractivity contribution is -0.174. The van der Waals surface area contributed by atoms with E-state index in [1.165, 1.54) is 6.42 Å². The molecule has 0 N–H and O–H groups in total. The molecule has 0 aromatic heterocycles. The number of carbonyl (C=O) groups is 1. The van der Waals surface area contributed by atoms with Gasteiger partial charge in [-0.25, -0.2) is 0 Å². The summed E-state index contributed by atoms with van der Waals surface area (Å²) in [6.45, 7) is 8.73. The average molecular weight is 486 g/mol. The van der Waals surface area contributed by atoms with Gasteiger partial charge in [0.1, 0.15) is 0 Å². The van der Waals surface area contributed by atoms with E-state index in [0.717, 1.165) is 32.4 Å². The minimum Gasteiger partial charge on any atom is -0.342 e. The maximum Gasteiger partial charge on any atom is 0.230 e. The van der Waals surface area contributed by atoms with Crippen LogP contribution in [0.3, 0.4) is 0 Å². The second kappa shape index (κ2) is 5.20. The van der Waals surface area contributed by atoms with Crippen molar-refractivity contribution in [3.05, 3.63) is 0 Å². The van der Waals surface area contributed by atoms with Crippen LogP contribution in [0.5, 0.6) is 0 Å². The Morgan fingerprint density at radius 1 is 1.29 bits per heavy atom. The van der Waals surface area contributed by atoms with Gasteiger partial charge in [-0.2, -0.15) is 0 Å². The fraction of sp³-hybridized carbons (Fsp3) is 0.938. The largest absolute Gasteiger partial charge is 0.342 e. The van der Waals surface area contributed by atoms with E-state index in [9.17, 15) is 4.79 Å². The molecule has 4 unspecified atom stereocenters. The minimum atomic E-state index is -0.218. The third kappa shape index (κ3) is 1.83. The predicted octanol–water partition coefficient (Wildman–Crippen LogP) is 4.93. The third-order valence-corrected chi connectivity index (χ3v) is 10.0. The number of fused-ring (bicyclic) bond motifs is 1. The highest BCUT2D eigenvalue weighted by atomic mass is 79.9. The van der Waals surface area contributed by atoms with E-state index in [2.05, 4.69) is 73.5 Å². The number of piperidine rings is 1. The number of nitrogens with zero attached hydrogens (tertiary/aromatic N) is 1. The van der Waals surface area contributed by atoms with Crippen molar-refractivity contribution in [3.63, 3.8) is 0 Å². The maximum absolute atomic E-state index is 13.4. The molecule has 1 amide bonds. The summed E-state index contributed by atoms with van der Waals surface area (Å²) in [5.41, 5.74) is -0.0719. The van der Waals surface area contributed by atoms with Crippen LogP contribution in [0.25, 0.3) is 0 Å². The first-order valence-corrected chi connectivity index (χ1v) is 10.7. The number of halogens is 3. The highest BCUT2D eigenvalue weighted by Crippen LogP contribution is 2.82. The molecule has 0 radical (unpaired) electrons. The average Bonchev–Trinajstić information content (AvgIpc) is 2.87. The standard InChI is InChI=1S/C16H24Br3NO/c1-10-5-4-8-20(9-10)13(21)16-7-6-15(11(16)17,12(18)19)14(16,2)3/h10-12H,4-9H2,1-3H3. The number of rotatable bonds is 2. The van der Waals surface area contributed by atoms with E-state index in [1.54, 1.807) is 0 Å². The van der Waals surface area contributed by atoms with Crippen molar-refractivity contribution in [2.24, 2.45) is 22.2 Å². The lowest BCUT2D eigenvalue weighted by atomic mass is 9.43. The summed E-state index contributed by atoms with van der Waals surface area (Å²) in [6, 6.07) is 0. The summed E-state index contributed by atoms with van der Waals surface area (Å²) in [6.07, 6.45) is 4.52. The summed E-state index contributed by atoms with van der Waals surface area (Å²) >= 11 is 11.4. The van der Waals surface area contributed by atoms with Crippen molar-refractivity contribution in [3.8, 4) is 0 Å². The smallest absolute Gasteiger partial charge is 0.230 e. The fourth-order valence-corrected chi connectivity index (χ4v) is 10.2. The van der Waals surface area contributed by atoms with Crippen molar-refractivity contribution >= 4 is 53.7 Å². The SMILES string of the molecule is CC1CCCN(C(=O)C23CCC(C(Br)Br)(C2Br)C3(C)C)C1. The maximum atomic E-state index is 13.4. The molecule has 3 saturated carbocycles. The van der Waals surface area contributed by atoms with E-state index in [4.69, 9.17) is 0 Å². The van der Waals surface area contributed by atoms with Crippen molar-refractivity contribution in [1.82, 2.24) is 4.90 Å². The van der Waals surface area contributed by atoms with Crippen LogP contribution in [0, 0.1) is 22.2 Å². The molecular weight excluding hydrogens is 462 g/mol. The van der Waals surface area contributed by atoms with Gasteiger partial charge in [-0.15, -0.1) is 0 Å². The van der Waals surface area contributed by atoms with Gasteiger partial charge in [0.15, 0.2) is 0 Å². The first-order valence-electron chi connectivity index (χ1n) is 7.93. The van der Waals surface area contributed by atoms with Gasteiger partial charge in [0, 0.05) is 23.3 Å². The number of carbonyl (C=O) groups excluding carboxylic acids is 1. The Labute approximate surface area is 153 Å². The summed E-state index contributed by atoms with van der Waals surface area (Å²) in [5.74, 6) is 1.04.